The van der Waals surface area contributed by atoms with Crippen LogP contribution < -0.4 is 4.90 Å². The van der Waals surface area contributed by atoms with Gasteiger partial charge >= 0.3 is 0 Å². The molecule has 3 nitrogen and oxygen atoms in total. The molecule has 1 aliphatic rings. The van der Waals surface area contributed by atoms with Gasteiger partial charge in [0.15, 0.2) is 5.78 Å². The lowest BCUT2D eigenvalue weighted by atomic mass is 10.0. The molecule has 3 rings (SSSR count). The molecular formula is C16H16N2O. The summed E-state index contributed by atoms with van der Waals surface area (Å²) >= 11 is 0. The summed E-state index contributed by atoms with van der Waals surface area (Å²) in [6, 6.07) is 12.0. The van der Waals surface area contributed by atoms with Crippen molar-refractivity contribution >= 4 is 17.3 Å². The van der Waals surface area contributed by atoms with E-state index in [0.717, 1.165) is 25.2 Å². The quantitative estimate of drug-likeness (QED) is 0.768. The van der Waals surface area contributed by atoms with Gasteiger partial charge in [-0.1, -0.05) is 18.2 Å². The van der Waals surface area contributed by atoms with E-state index in [1.165, 1.54) is 11.3 Å². The Kier molecular flexibility index (Phi) is 3.03. The molecule has 0 spiro atoms. The number of nitrogens with zero attached hydrogens (tertiary/aromatic N) is 2. The predicted molar refractivity (Wildman–Crippen MR) is 76.0 cm³/mol. The number of benzene rings is 1. The molecule has 3 heteroatoms. The Balaban J connectivity index is 2.04. The van der Waals surface area contributed by atoms with E-state index in [4.69, 9.17) is 0 Å². The zero-order valence-corrected chi connectivity index (χ0v) is 11.0. The zero-order valence-electron chi connectivity index (χ0n) is 11.0. The van der Waals surface area contributed by atoms with Crippen LogP contribution >= 0.6 is 0 Å². The van der Waals surface area contributed by atoms with Crippen molar-refractivity contribution in [3.8, 4) is 0 Å². The van der Waals surface area contributed by atoms with Crippen LogP contribution in [0.2, 0.25) is 0 Å². The van der Waals surface area contributed by atoms with Crippen LogP contribution in [-0.4, -0.2) is 17.3 Å². The second-order valence-corrected chi connectivity index (χ2v) is 4.84. The highest BCUT2D eigenvalue weighted by molar-refractivity contribution is 5.94. The largest absolute Gasteiger partial charge is 0.326 e. The number of para-hydroxylation sites is 1. The van der Waals surface area contributed by atoms with Crippen LogP contribution in [0.3, 0.4) is 0 Å². The van der Waals surface area contributed by atoms with Crippen LogP contribution in [0.15, 0.2) is 42.6 Å². The first kappa shape index (κ1) is 11.9. The molecule has 0 saturated carbocycles. The number of ketones is 1. The molecule has 0 bridgehead atoms. The van der Waals surface area contributed by atoms with Crippen molar-refractivity contribution in [3.63, 3.8) is 0 Å². The molecule has 96 valence electrons. The Bertz CT molecular complexity index is 622. The highest BCUT2D eigenvalue weighted by Gasteiger charge is 2.19. The number of Topliss-reactive ketones (excluding diaryl/α,β-unsaturated/α-hetero) is 1. The van der Waals surface area contributed by atoms with Crippen molar-refractivity contribution in [1.82, 2.24) is 4.98 Å². The van der Waals surface area contributed by atoms with E-state index >= 15 is 0 Å². The summed E-state index contributed by atoms with van der Waals surface area (Å²) in [5.74, 6) is 0.939. The summed E-state index contributed by atoms with van der Waals surface area (Å²) in [4.78, 5) is 18.1. The van der Waals surface area contributed by atoms with E-state index in [2.05, 4.69) is 28.1 Å². The molecule has 1 aliphatic heterocycles. The van der Waals surface area contributed by atoms with Gasteiger partial charge < -0.3 is 4.90 Å². The first-order valence-corrected chi connectivity index (χ1v) is 6.58. The molecule has 0 unspecified atom stereocenters. The van der Waals surface area contributed by atoms with E-state index in [-0.39, 0.29) is 5.78 Å². The molecule has 2 heterocycles. The van der Waals surface area contributed by atoms with Gasteiger partial charge in [-0.3, -0.25) is 4.79 Å². The lowest BCUT2D eigenvalue weighted by molar-refractivity contribution is 0.101. The topological polar surface area (TPSA) is 33.2 Å². The third kappa shape index (κ3) is 2.24. The Morgan fingerprint density at radius 2 is 2.11 bits per heavy atom. The van der Waals surface area contributed by atoms with Crippen molar-refractivity contribution in [2.24, 2.45) is 0 Å². The lowest BCUT2D eigenvalue weighted by Gasteiger charge is -2.30. The van der Waals surface area contributed by atoms with Gasteiger partial charge in [-0.05, 0) is 43.5 Å². The molecule has 19 heavy (non-hydrogen) atoms. The van der Waals surface area contributed by atoms with Gasteiger partial charge in [-0.25, -0.2) is 4.98 Å². The number of aryl methyl sites for hydroxylation is 1. The number of hydrogen-bond donors (Lipinski definition) is 0. The minimum atomic E-state index is 0.0777. The van der Waals surface area contributed by atoms with Gasteiger partial charge in [0.2, 0.25) is 0 Å². The monoisotopic (exact) mass is 252 g/mol. The summed E-state index contributed by atoms with van der Waals surface area (Å²) in [5, 5.41) is 0. The fourth-order valence-corrected chi connectivity index (χ4v) is 2.56. The van der Waals surface area contributed by atoms with E-state index in [1.807, 2.05) is 12.1 Å². The summed E-state index contributed by atoms with van der Waals surface area (Å²) in [6.07, 6.45) is 3.94. The number of anilines is 2. The lowest BCUT2D eigenvalue weighted by Crippen LogP contribution is -2.25. The van der Waals surface area contributed by atoms with Gasteiger partial charge in [0.1, 0.15) is 5.82 Å². The molecule has 0 atom stereocenters. The van der Waals surface area contributed by atoms with Gasteiger partial charge in [-0.15, -0.1) is 0 Å². The Morgan fingerprint density at radius 3 is 2.95 bits per heavy atom. The van der Waals surface area contributed by atoms with Crippen molar-refractivity contribution in [3.05, 3.63) is 53.7 Å². The second kappa shape index (κ2) is 4.84. The summed E-state index contributed by atoms with van der Waals surface area (Å²) in [6.45, 7) is 2.54. The highest BCUT2D eigenvalue weighted by Crippen LogP contribution is 2.32. The highest BCUT2D eigenvalue weighted by atomic mass is 16.1. The second-order valence-electron chi connectivity index (χ2n) is 4.84. The Morgan fingerprint density at radius 1 is 1.26 bits per heavy atom. The normalized spacial score (nSPS) is 14.1. The van der Waals surface area contributed by atoms with Crippen LogP contribution in [0.1, 0.15) is 29.3 Å². The van der Waals surface area contributed by atoms with E-state index < -0.39 is 0 Å². The fourth-order valence-electron chi connectivity index (χ4n) is 2.56. The average Bonchev–Trinajstić information content (AvgIpc) is 2.47. The van der Waals surface area contributed by atoms with Crippen LogP contribution in [0.5, 0.6) is 0 Å². The number of pyridine rings is 1. The van der Waals surface area contributed by atoms with E-state index in [1.54, 1.807) is 19.2 Å². The summed E-state index contributed by atoms with van der Waals surface area (Å²) < 4.78 is 0. The molecule has 0 saturated heterocycles. The number of hydrogen-bond acceptors (Lipinski definition) is 3. The van der Waals surface area contributed by atoms with Crippen LogP contribution in [-0.2, 0) is 6.42 Å². The maximum absolute atomic E-state index is 11.5. The predicted octanol–water partition coefficient (Wildman–Crippen LogP) is 3.37. The molecule has 1 aromatic heterocycles. The minimum absolute atomic E-state index is 0.0777. The minimum Gasteiger partial charge on any atom is -0.326 e. The molecule has 0 fully saturated rings. The first-order valence-electron chi connectivity index (χ1n) is 6.58. The third-order valence-corrected chi connectivity index (χ3v) is 3.54. The van der Waals surface area contributed by atoms with Crippen LogP contribution in [0.4, 0.5) is 11.5 Å². The summed E-state index contributed by atoms with van der Waals surface area (Å²) in [5.41, 5.74) is 3.28. The van der Waals surface area contributed by atoms with E-state index in [9.17, 15) is 4.79 Å². The zero-order chi connectivity index (χ0) is 13.2. The molecule has 1 aromatic carbocycles. The standard InChI is InChI=1S/C16H16N2O/c1-12(19)14-8-9-17-16(11-14)18-10-4-6-13-5-2-3-7-15(13)18/h2-3,5,7-9,11H,4,6,10H2,1H3. The van der Waals surface area contributed by atoms with Crippen molar-refractivity contribution in [1.29, 1.82) is 0 Å². The van der Waals surface area contributed by atoms with Gasteiger partial charge in [0, 0.05) is 24.0 Å². The van der Waals surface area contributed by atoms with Crippen molar-refractivity contribution in [2.45, 2.75) is 19.8 Å². The first-order chi connectivity index (χ1) is 9.25. The molecule has 0 aliphatic carbocycles. The van der Waals surface area contributed by atoms with Crippen molar-refractivity contribution < 1.29 is 4.79 Å². The van der Waals surface area contributed by atoms with Gasteiger partial charge in [-0.2, -0.15) is 0 Å². The SMILES string of the molecule is CC(=O)c1ccnc(N2CCCc3ccccc32)c1. The third-order valence-electron chi connectivity index (χ3n) is 3.54. The number of aromatic nitrogens is 1. The number of carbonyl (C=O) groups excluding carboxylic acids is 1. The summed E-state index contributed by atoms with van der Waals surface area (Å²) in [7, 11) is 0. The maximum Gasteiger partial charge on any atom is 0.159 e. The van der Waals surface area contributed by atoms with Gasteiger partial charge in [0.05, 0.1) is 0 Å². The Labute approximate surface area is 112 Å². The van der Waals surface area contributed by atoms with Crippen LogP contribution in [0, 0.1) is 0 Å². The number of rotatable bonds is 2. The van der Waals surface area contributed by atoms with Crippen LogP contribution in [0.25, 0.3) is 0 Å². The Hall–Kier alpha value is -2.16. The van der Waals surface area contributed by atoms with Crippen molar-refractivity contribution in [2.75, 3.05) is 11.4 Å². The molecule has 0 radical (unpaired) electrons. The molecular weight excluding hydrogens is 236 g/mol. The smallest absolute Gasteiger partial charge is 0.159 e. The molecule has 2 aromatic rings. The van der Waals surface area contributed by atoms with E-state index in [0.29, 0.717) is 5.56 Å². The number of fused-ring (bicyclic) bond motifs is 1. The fraction of sp³-hybridized carbons (Fsp3) is 0.250. The maximum atomic E-state index is 11.5. The average molecular weight is 252 g/mol. The molecule has 0 amide bonds. The number of carbonyl (C=O) groups is 1. The van der Waals surface area contributed by atoms with Gasteiger partial charge in [0.25, 0.3) is 0 Å². The molecule has 0 N–H and O–H groups in total.